The van der Waals surface area contributed by atoms with E-state index in [1.165, 1.54) is 19.3 Å². The van der Waals surface area contributed by atoms with Crippen molar-refractivity contribution < 1.29 is 9.53 Å². The molecule has 2 heterocycles. The SMILES string of the molecule is CC(C)OC(=O)Nc1ccc(N2CCCCC2)nc1. The van der Waals surface area contributed by atoms with Gasteiger partial charge in [0.15, 0.2) is 0 Å². The molecule has 0 bridgehead atoms. The van der Waals surface area contributed by atoms with Crippen molar-refractivity contribution in [3.05, 3.63) is 18.3 Å². The number of aromatic nitrogens is 1. The average Bonchev–Trinajstić information content (AvgIpc) is 2.39. The van der Waals surface area contributed by atoms with Crippen LogP contribution in [0, 0.1) is 0 Å². The summed E-state index contributed by atoms with van der Waals surface area (Å²) >= 11 is 0. The van der Waals surface area contributed by atoms with Gasteiger partial charge in [-0.15, -0.1) is 0 Å². The second-order valence-electron chi connectivity index (χ2n) is 5.03. The maximum absolute atomic E-state index is 11.4. The molecule has 0 atom stereocenters. The highest BCUT2D eigenvalue weighted by molar-refractivity contribution is 5.84. The highest BCUT2D eigenvalue weighted by atomic mass is 16.6. The topological polar surface area (TPSA) is 54.5 Å². The summed E-state index contributed by atoms with van der Waals surface area (Å²) in [6, 6.07) is 3.80. The number of rotatable bonds is 3. The molecule has 1 aromatic rings. The number of nitrogens with zero attached hydrogens (tertiary/aromatic N) is 2. The molecule has 1 amide bonds. The van der Waals surface area contributed by atoms with E-state index in [1.54, 1.807) is 6.20 Å². The standard InChI is InChI=1S/C14H21N3O2/c1-11(2)19-14(18)16-12-6-7-13(15-10-12)17-8-4-3-5-9-17/h6-7,10-11H,3-5,8-9H2,1-2H3,(H,16,18). The molecule has 0 aliphatic carbocycles. The number of ether oxygens (including phenoxy) is 1. The van der Waals surface area contributed by atoms with Crippen LogP contribution in [0.3, 0.4) is 0 Å². The molecule has 19 heavy (non-hydrogen) atoms. The average molecular weight is 263 g/mol. The molecule has 0 radical (unpaired) electrons. The molecule has 0 saturated carbocycles. The Kier molecular flexibility index (Phi) is 4.60. The molecule has 1 saturated heterocycles. The van der Waals surface area contributed by atoms with Gasteiger partial charge in [0.2, 0.25) is 0 Å². The van der Waals surface area contributed by atoms with Gasteiger partial charge in [-0.05, 0) is 45.2 Å². The van der Waals surface area contributed by atoms with Crippen LogP contribution in [0.5, 0.6) is 0 Å². The fraction of sp³-hybridized carbons (Fsp3) is 0.571. The Balaban J connectivity index is 1.92. The molecule has 1 aliphatic rings. The maximum Gasteiger partial charge on any atom is 0.411 e. The maximum atomic E-state index is 11.4. The molecule has 1 N–H and O–H groups in total. The Morgan fingerprint density at radius 1 is 1.32 bits per heavy atom. The van der Waals surface area contributed by atoms with Gasteiger partial charge in [-0.2, -0.15) is 0 Å². The molecule has 5 heteroatoms. The van der Waals surface area contributed by atoms with E-state index in [4.69, 9.17) is 4.74 Å². The third kappa shape index (κ3) is 4.12. The van der Waals surface area contributed by atoms with Crippen LogP contribution in [0.1, 0.15) is 33.1 Å². The van der Waals surface area contributed by atoms with Crippen LogP contribution < -0.4 is 10.2 Å². The van der Waals surface area contributed by atoms with Crippen molar-refractivity contribution in [3.8, 4) is 0 Å². The minimum absolute atomic E-state index is 0.124. The van der Waals surface area contributed by atoms with Crippen LogP contribution in [0.25, 0.3) is 0 Å². The minimum atomic E-state index is -0.442. The van der Waals surface area contributed by atoms with Gasteiger partial charge in [0, 0.05) is 13.1 Å². The Bertz CT molecular complexity index is 411. The largest absolute Gasteiger partial charge is 0.447 e. The van der Waals surface area contributed by atoms with Crippen molar-refractivity contribution in [2.45, 2.75) is 39.2 Å². The van der Waals surface area contributed by atoms with Gasteiger partial charge in [0.05, 0.1) is 18.0 Å². The second kappa shape index (κ2) is 6.41. The van der Waals surface area contributed by atoms with Crippen molar-refractivity contribution in [1.29, 1.82) is 0 Å². The normalized spacial score (nSPS) is 15.4. The third-order valence-corrected chi connectivity index (χ3v) is 3.02. The van der Waals surface area contributed by atoms with Gasteiger partial charge in [-0.1, -0.05) is 0 Å². The van der Waals surface area contributed by atoms with E-state index >= 15 is 0 Å². The monoisotopic (exact) mass is 263 g/mol. The smallest absolute Gasteiger partial charge is 0.411 e. The molecular formula is C14H21N3O2. The quantitative estimate of drug-likeness (QED) is 0.910. The van der Waals surface area contributed by atoms with Crippen LogP contribution in [0.4, 0.5) is 16.3 Å². The van der Waals surface area contributed by atoms with Crippen LogP contribution in [-0.2, 0) is 4.74 Å². The number of anilines is 2. The first kappa shape index (κ1) is 13.6. The highest BCUT2D eigenvalue weighted by Crippen LogP contribution is 2.18. The summed E-state index contributed by atoms with van der Waals surface area (Å²) in [6.07, 6.45) is 4.86. The van der Waals surface area contributed by atoms with Crippen LogP contribution >= 0.6 is 0 Å². The number of piperidine rings is 1. The van der Waals surface area contributed by atoms with Crippen LogP contribution in [0.2, 0.25) is 0 Å². The molecule has 0 aromatic carbocycles. The molecule has 0 unspecified atom stereocenters. The third-order valence-electron chi connectivity index (χ3n) is 3.02. The van der Waals surface area contributed by atoms with Gasteiger partial charge in [0.1, 0.15) is 5.82 Å². The number of pyridine rings is 1. The predicted molar refractivity (Wildman–Crippen MR) is 75.5 cm³/mol. The molecule has 2 rings (SSSR count). The summed E-state index contributed by atoms with van der Waals surface area (Å²) in [4.78, 5) is 18.1. The molecule has 1 aromatic heterocycles. The lowest BCUT2D eigenvalue weighted by atomic mass is 10.1. The summed E-state index contributed by atoms with van der Waals surface area (Å²) in [5, 5.41) is 2.66. The number of hydrogen-bond acceptors (Lipinski definition) is 4. The minimum Gasteiger partial charge on any atom is -0.447 e. The van der Waals surface area contributed by atoms with Crippen molar-refractivity contribution in [3.63, 3.8) is 0 Å². The zero-order valence-electron chi connectivity index (χ0n) is 11.6. The Hall–Kier alpha value is -1.78. The summed E-state index contributed by atoms with van der Waals surface area (Å²) < 4.78 is 5.01. The van der Waals surface area contributed by atoms with E-state index in [0.29, 0.717) is 5.69 Å². The van der Waals surface area contributed by atoms with Gasteiger partial charge in [0.25, 0.3) is 0 Å². The Morgan fingerprint density at radius 2 is 2.05 bits per heavy atom. The molecular weight excluding hydrogens is 242 g/mol. The predicted octanol–water partition coefficient (Wildman–Crippen LogP) is 3.03. The molecule has 104 valence electrons. The molecule has 0 spiro atoms. The van der Waals surface area contributed by atoms with Gasteiger partial charge >= 0.3 is 6.09 Å². The molecule has 1 fully saturated rings. The van der Waals surface area contributed by atoms with Crippen molar-refractivity contribution in [1.82, 2.24) is 4.98 Å². The fourth-order valence-corrected chi connectivity index (χ4v) is 2.13. The zero-order valence-corrected chi connectivity index (χ0v) is 11.6. The fourth-order valence-electron chi connectivity index (χ4n) is 2.13. The van der Waals surface area contributed by atoms with Gasteiger partial charge in [-0.25, -0.2) is 9.78 Å². The second-order valence-corrected chi connectivity index (χ2v) is 5.03. The number of carbonyl (C=O) groups excluding carboxylic acids is 1. The van der Waals surface area contributed by atoms with E-state index in [1.807, 2.05) is 26.0 Å². The molecule has 1 aliphatic heterocycles. The summed E-state index contributed by atoms with van der Waals surface area (Å²) in [5.41, 5.74) is 0.659. The zero-order chi connectivity index (χ0) is 13.7. The van der Waals surface area contributed by atoms with Crippen molar-refractivity contribution >= 4 is 17.6 Å². The van der Waals surface area contributed by atoms with E-state index < -0.39 is 6.09 Å². The first-order chi connectivity index (χ1) is 9.15. The lowest BCUT2D eigenvalue weighted by molar-refractivity contribution is 0.130. The van der Waals surface area contributed by atoms with E-state index in [2.05, 4.69) is 15.2 Å². The number of nitrogens with one attached hydrogen (secondary N) is 1. The first-order valence-corrected chi connectivity index (χ1v) is 6.84. The van der Waals surface area contributed by atoms with Crippen LogP contribution in [-0.4, -0.2) is 30.3 Å². The van der Waals surface area contributed by atoms with Crippen molar-refractivity contribution in [2.24, 2.45) is 0 Å². The summed E-state index contributed by atoms with van der Waals surface area (Å²) in [7, 11) is 0. The van der Waals surface area contributed by atoms with E-state index in [0.717, 1.165) is 18.9 Å². The van der Waals surface area contributed by atoms with E-state index in [-0.39, 0.29) is 6.10 Å². The molecule has 5 nitrogen and oxygen atoms in total. The van der Waals surface area contributed by atoms with E-state index in [9.17, 15) is 4.79 Å². The van der Waals surface area contributed by atoms with Gasteiger partial charge < -0.3 is 9.64 Å². The number of amides is 1. The van der Waals surface area contributed by atoms with Gasteiger partial charge in [-0.3, -0.25) is 5.32 Å². The highest BCUT2D eigenvalue weighted by Gasteiger charge is 2.12. The lowest BCUT2D eigenvalue weighted by Crippen LogP contribution is -2.30. The number of hydrogen-bond donors (Lipinski definition) is 1. The van der Waals surface area contributed by atoms with Crippen LogP contribution in [0.15, 0.2) is 18.3 Å². The number of carbonyl (C=O) groups is 1. The summed E-state index contributed by atoms with van der Waals surface area (Å²) in [6.45, 7) is 5.76. The lowest BCUT2D eigenvalue weighted by Gasteiger charge is -2.27. The first-order valence-electron chi connectivity index (χ1n) is 6.84. The Morgan fingerprint density at radius 3 is 2.63 bits per heavy atom. The Labute approximate surface area is 114 Å². The van der Waals surface area contributed by atoms with Crippen molar-refractivity contribution in [2.75, 3.05) is 23.3 Å². The summed E-state index contributed by atoms with van der Waals surface area (Å²) in [5.74, 6) is 0.975.